The monoisotopic (exact) mass is 434 g/mol. The Morgan fingerprint density at radius 2 is 2.03 bits per heavy atom. The van der Waals surface area contributed by atoms with E-state index in [1.807, 2.05) is 25.5 Å². The van der Waals surface area contributed by atoms with Crippen molar-refractivity contribution in [1.82, 2.24) is 14.5 Å². The molecule has 0 spiro atoms. The molecule has 0 saturated carbocycles. The van der Waals surface area contributed by atoms with Crippen LogP contribution in [0.2, 0.25) is 5.02 Å². The molecule has 2 heterocycles. The number of benzene rings is 1. The number of nitrogens with zero attached hydrogens (tertiary/aromatic N) is 3. The normalized spacial score (nSPS) is 15.7. The first kappa shape index (κ1) is 22.4. The van der Waals surface area contributed by atoms with Gasteiger partial charge in [-0.15, -0.1) is 0 Å². The number of fused-ring (bicyclic) bond motifs is 1. The van der Waals surface area contributed by atoms with Crippen LogP contribution in [0.4, 0.5) is 4.39 Å². The fourth-order valence-electron chi connectivity index (χ4n) is 4.01. The predicted octanol–water partition coefficient (Wildman–Crippen LogP) is 3.90. The average Bonchev–Trinajstić information content (AvgIpc) is 2.87. The first-order valence-electron chi connectivity index (χ1n) is 10.2. The fraction of sp³-hybridized carbons (Fsp3) is 0.500. The van der Waals surface area contributed by atoms with E-state index in [1.54, 1.807) is 12.1 Å². The molecule has 3 rings (SSSR count). The fourth-order valence-corrected chi connectivity index (χ4v) is 4.17. The van der Waals surface area contributed by atoms with Gasteiger partial charge in [-0.2, -0.15) is 0 Å². The number of Topliss-reactive ketones (excluding diaryl/α,β-unsaturated/α-hetero) is 1. The molecule has 162 valence electrons. The van der Waals surface area contributed by atoms with Gasteiger partial charge < -0.3 is 15.2 Å². The van der Waals surface area contributed by atoms with E-state index in [-0.39, 0.29) is 18.1 Å². The minimum absolute atomic E-state index is 0.00375. The third-order valence-corrected chi connectivity index (χ3v) is 5.68. The number of primary amides is 1. The zero-order chi connectivity index (χ0) is 22.0. The number of halogens is 2. The van der Waals surface area contributed by atoms with E-state index in [9.17, 15) is 14.0 Å². The van der Waals surface area contributed by atoms with Gasteiger partial charge in [-0.25, -0.2) is 9.37 Å². The number of carbonyl (C=O) groups is 2. The Labute approximate surface area is 181 Å². The van der Waals surface area contributed by atoms with Gasteiger partial charge in [-0.1, -0.05) is 25.4 Å². The van der Waals surface area contributed by atoms with E-state index < -0.39 is 17.6 Å². The topological polar surface area (TPSA) is 81.2 Å². The number of rotatable bonds is 7. The van der Waals surface area contributed by atoms with Crippen molar-refractivity contribution in [1.29, 1.82) is 0 Å². The first-order chi connectivity index (χ1) is 14.2. The molecule has 1 amide bonds. The van der Waals surface area contributed by atoms with Gasteiger partial charge in [0, 0.05) is 30.5 Å². The number of ketones is 1. The molecule has 0 radical (unpaired) electrons. The van der Waals surface area contributed by atoms with Crippen LogP contribution in [0.25, 0.3) is 11.4 Å². The van der Waals surface area contributed by atoms with Gasteiger partial charge in [-0.3, -0.25) is 9.59 Å². The summed E-state index contributed by atoms with van der Waals surface area (Å²) in [4.78, 5) is 31.8. The third-order valence-electron chi connectivity index (χ3n) is 5.44. The van der Waals surface area contributed by atoms with E-state index >= 15 is 0 Å². The highest BCUT2D eigenvalue weighted by Crippen LogP contribution is 2.30. The second kappa shape index (κ2) is 9.27. The van der Waals surface area contributed by atoms with Crippen LogP contribution in [0.1, 0.15) is 49.3 Å². The summed E-state index contributed by atoms with van der Waals surface area (Å²) >= 11 is 5.91. The van der Waals surface area contributed by atoms with E-state index in [0.29, 0.717) is 41.6 Å². The Morgan fingerprint density at radius 3 is 2.67 bits per heavy atom. The lowest BCUT2D eigenvalue weighted by Crippen LogP contribution is -2.27. The van der Waals surface area contributed by atoms with Crippen LogP contribution in [0.15, 0.2) is 18.2 Å². The molecule has 30 heavy (non-hydrogen) atoms. The van der Waals surface area contributed by atoms with E-state index in [0.717, 1.165) is 18.7 Å². The molecule has 0 fully saturated rings. The maximum Gasteiger partial charge on any atom is 0.220 e. The largest absolute Gasteiger partial charge is 0.369 e. The van der Waals surface area contributed by atoms with Crippen LogP contribution in [0, 0.1) is 17.7 Å². The molecular formula is C22H28ClFN4O2. The van der Waals surface area contributed by atoms with Crippen molar-refractivity contribution >= 4 is 23.3 Å². The molecule has 1 aliphatic heterocycles. The molecular weight excluding hydrogens is 407 g/mol. The summed E-state index contributed by atoms with van der Waals surface area (Å²) in [5, 5.41) is 0.299. The summed E-state index contributed by atoms with van der Waals surface area (Å²) in [7, 11) is 1.98. The molecule has 0 bridgehead atoms. The number of hydrogen-bond donors (Lipinski definition) is 1. The Bertz CT molecular complexity index is 957. The smallest absolute Gasteiger partial charge is 0.220 e. The maximum atomic E-state index is 14.7. The van der Waals surface area contributed by atoms with Crippen LogP contribution >= 0.6 is 11.6 Å². The molecule has 1 aromatic carbocycles. The summed E-state index contributed by atoms with van der Waals surface area (Å²) in [6.07, 6.45) is 1.40. The molecule has 1 aromatic heterocycles. The molecule has 8 heteroatoms. The van der Waals surface area contributed by atoms with E-state index in [2.05, 4.69) is 9.88 Å². The van der Waals surface area contributed by atoms with E-state index in [1.165, 1.54) is 6.07 Å². The Morgan fingerprint density at radius 1 is 1.30 bits per heavy atom. The lowest BCUT2D eigenvalue weighted by molar-refractivity contribution is -0.122. The minimum atomic E-state index is -0.547. The molecule has 2 N–H and O–H groups in total. The van der Waals surface area contributed by atoms with Gasteiger partial charge in [-0.05, 0) is 50.6 Å². The lowest BCUT2D eigenvalue weighted by atomic mass is 9.91. The van der Waals surface area contributed by atoms with Crippen molar-refractivity contribution in [2.75, 3.05) is 13.6 Å². The SMILES string of the molecule is CC(C)C[C@H](CC(=O)c1nc(-c2ccc(Cl)cc2F)n2c1CN(C)CCC2)C(N)=O. The van der Waals surface area contributed by atoms with Gasteiger partial charge in [0.25, 0.3) is 0 Å². The second-order valence-electron chi connectivity index (χ2n) is 8.45. The minimum Gasteiger partial charge on any atom is -0.369 e. The van der Waals surface area contributed by atoms with Gasteiger partial charge in [0.1, 0.15) is 17.3 Å². The van der Waals surface area contributed by atoms with Crippen LogP contribution in [-0.2, 0) is 17.9 Å². The molecule has 1 atom stereocenters. The molecule has 2 aromatic rings. The van der Waals surface area contributed by atoms with Crippen molar-refractivity contribution in [2.24, 2.45) is 17.6 Å². The summed E-state index contributed by atoms with van der Waals surface area (Å²) < 4.78 is 16.6. The summed E-state index contributed by atoms with van der Waals surface area (Å²) in [5.74, 6) is -1.10. The van der Waals surface area contributed by atoms with Gasteiger partial charge >= 0.3 is 0 Å². The zero-order valence-corrected chi connectivity index (χ0v) is 18.4. The van der Waals surface area contributed by atoms with Crippen molar-refractivity contribution in [3.63, 3.8) is 0 Å². The van der Waals surface area contributed by atoms with Crippen LogP contribution < -0.4 is 5.73 Å². The lowest BCUT2D eigenvalue weighted by Gasteiger charge is -2.16. The van der Waals surface area contributed by atoms with Gasteiger partial charge in [0.2, 0.25) is 5.91 Å². The highest BCUT2D eigenvalue weighted by Gasteiger charge is 2.29. The highest BCUT2D eigenvalue weighted by molar-refractivity contribution is 6.30. The molecule has 1 aliphatic rings. The van der Waals surface area contributed by atoms with Crippen LogP contribution in [0.3, 0.4) is 0 Å². The number of carbonyl (C=O) groups excluding carboxylic acids is 2. The average molecular weight is 435 g/mol. The van der Waals surface area contributed by atoms with Gasteiger partial charge in [0.15, 0.2) is 5.78 Å². The molecule has 0 saturated heterocycles. The number of imidazole rings is 1. The van der Waals surface area contributed by atoms with Crippen molar-refractivity contribution in [3.8, 4) is 11.4 Å². The Balaban J connectivity index is 2.05. The highest BCUT2D eigenvalue weighted by atomic mass is 35.5. The second-order valence-corrected chi connectivity index (χ2v) is 8.89. The van der Waals surface area contributed by atoms with Crippen molar-refractivity contribution in [3.05, 3.63) is 40.4 Å². The quantitative estimate of drug-likeness (QED) is 0.670. The summed E-state index contributed by atoms with van der Waals surface area (Å²) in [6, 6.07) is 4.44. The molecule has 6 nitrogen and oxygen atoms in total. The number of nitrogens with two attached hydrogens (primary N) is 1. The van der Waals surface area contributed by atoms with Crippen LogP contribution in [-0.4, -0.2) is 39.7 Å². The maximum absolute atomic E-state index is 14.7. The number of aromatic nitrogens is 2. The first-order valence-corrected chi connectivity index (χ1v) is 10.6. The van der Waals surface area contributed by atoms with Crippen LogP contribution in [0.5, 0.6) is 0 Å². The molecule has 0 aliphatic carbocycles. The van der Waals surface area contributed by atoms with Gasteiger partial charge in [0.05, 0.1) is 11.3 Å². The van der Waals surface area contributed by atoms with Crippen molar-refractivity contribution in [2.45, 2.75) is 46.2 Å². The summed E-state index contributed by atoms with van der Waals surface area (Å²) in [6.45, 7) is 5.98. The van der Waals surface area contributed by atoms with E-state index in [4.69, 9.17) is 17.3 Å². The number of amides is 1. The number of hydrogen-bond acceptors (Lipinski definition) is 4. The zero-order valence-electron chi connectivity index (χ0n) is 17.6. The standard InChI is InChI=1S/C22H28ClFN4O2/c1-13(2)9-14(21(25)30)10-19(29)20-18-12-27(3)7-4-8-28(18)22(26-20)16-6-5-15(23)11-17(16)24/h5-6,11,13-14H,4,7-10,12H2,1-3H3,(H2,25,30)/t14-/m1/s1. The van der Waals surface area contributed by atoms with Crippen molar-refractivity contribution < 1.29 is 14.0 Å². The predicted molar refractivity (Wildman–Crippen MR) is 115 cm³/mol. The third kappa shape index (κ3) is 4.90. The Hall–Kier alpha value is -2.25. The Kier molecular flexibility index (Phi) is 6.93. The molecule has 0 unspecified atom stereocenters. The summed E-state index contributed by atoms with van der Waals surface area (Å²) in [5.41, 5.74) is 6.88.